The van der Waals surface area contributed by atoms with Gasteiger partial charge in [0.1, 0.15) is 34.0 Å². The third kappa shape index (κ3) is 5.91. The molecule has 4 aromatic rings. The highest BCUT2D eigenvalue weighted by Gasteiger charge is 2.29. The molecule has 2 aliphatic rings. The summed E-state index contributed by atoms with van der Waals surface area (Å²) >= 11 is 0. The van der Waals surface area contributed by atoms with Crippen molar-refractivity contribution in [2.45, 2.75) is 37.8 Å². The number of terminal acetylenes is 1. The molecule has 2 fully saturated rings. The van der Waals surface area contributed by atoms with Gasteiger partial charge in [-0.15, -0.1) is 6.42 Å². The molecule has 2 aromatic carbocycles. The standard InChI is InChI=1S/C33H36F2N6O4/c1-5-23-25(34)11-10-19-14-22(45-18-43-3)15-24(26(19)23)29-28(35)30-27(32(37-29)44-4)31(41-13-7-9-21(42)17-41)39-33(38-30)36-16-20-8-6-12-40(20)2/h1,10-11,14-15,20-21,42H,6-9,12-13,16-18H2,2-4H3,(H,36,38,39)/t20-,21-/m1/s1. The Morgan fingerprint density at radius 3 is 2.62 bits per heavy atom. The van der Waals surface area contributed by atoms with E-state index in [1.165, 1.54) is 20.3 Å². The van der Waals surface area contributed by atoms with Crippen molar-refractivity contribution in [1.29, 1.82) is 0 Å². The van der Waals surface area contributed by atoms with Crippen molar-refractivity contribution in [3.05, 3.63) is 41.5 Å². The number of nitrogens with one attached hydrogen (secondary N) is 1. The molecule has 10 nitrogen and oxygen atoms in total. The van der Waals surface area contributed by atoms with Crippen molar-refractivity contribution in [2.75, 3.05) is 64.5 Å². The highest BCUT2D eigenvalue weighted by Crippen LogP contribution is 2.42. The summed E-state index contributed by atoms with van der Waals surface area (Å²) in [6, 6.07) is 6.33. The summed E-state index contributed by atoms with van der Waals surface area (Å²) in [5.74, 6) is 2.12. The number of rotatable bonds is 9. The van der Waals surface area contributed by atoms with Crippen molar-refractivity contribution in [2.24, 2.45) is 0 Å². The molecule has 2 saturated heterocycles. The number of ether oxygens (including phenoxy) is 3. The van der Waals surface area contributed by atoms with Crippen LogP contribution in [0.3, 0.4) is 0 Å². The largest absolute Gasteiger partial charge is 0.480 e. The second-order valence-electron chi connectivity index (χ2n) is 11.5. The fourth-order valence-electron chi connectivity index (χ4n) is 6.30. The van der Waals surface area contributed by atoms with Gasteiger partial charge in [-0.05, 0) is 62.9 Å². The van der Waals surface area contributed by atoms with Crippen LogP contribution in [0.1, 0.15) is 31.2 Å². The molecule has 2 aliphatic heterocycles. The third-order valence-corrected chi connectivity index (χ3v) is 8.57. The molecule has 2 atom stereocenters. The number of halogens is 2. The van der Waals surface area contributed by atoms with E-state index in [1.807, 2.05) is 4.90 Å². The van der Waals surface area contributed by atoms with Crippen LogP contribution < -0.4 is 19.7 Å². The molecule has 4 heterocycles. The molecule has 0 unspecified atom stereocenters. The minimum atomic E-state index is -0.759. The van der Waals surface area contributed by atoms with E-state index >= 15 is 8.78 Å². The smallest absolute Gasteiger partial charge is 0.227 e. The van der Waals surface area contributed by atoms with Crippen molar-refractivity contribution in [1.82, 2.24) is 19.9 Å². The fourth-order valence-corrected chi connectivity index (χ4v) is 6.30. The molecule has 0 amide bonds. The predicted octanol–water partition coefficient (Wildman–Crippen LogP) is 4.56. The van der Waals surface area contributed by atoms with Crippen LogP contribution in [0.25, 0.3) is 32.9 Å². The van der Waals surface area contributed by atoms with Crippen molar-refractivity contribution in [3.8, 4) is 35.2 Å². The first-order chi connectivity index (χ1) is 21.8. The number of likely N-dealkylation sites (tertiary alicyclic amines) is 1. The summed E-state index contributed by atoms with van der Waals surface area (Å²) < 4.78 is 48.5. The zero-order valence-corrected chi connectivity index (χ0v) is 25.6. The van der Waals surface area contributed by atoms with Gasteiger partial charge in [0, 0.05) is 43.7 Å². The lowest BCUT2D eigenvalue weighted by Crippen LogP contribution is -2.39. The molecule has 0 saturated carbocycles. The van der Waals surface area contributed by atoms with E-state index in [1.54, 1.807) is 18.2 Å². The van der Waals surface area contributed by atoms with Crippen molar-refractivity contribution >= 4 is 33.4 Å². The number of likely N-dealkylation sites (N-methyl/N-ethyl adjacent to an activating group) is 1. The Balaban J connectivity index is 1.59. The van der Waals surface area contributed by atoms with Crippen LogP contribution in [0, 0.1) is 24.0 Å². The van der Waals surface area contributed by atoms with E-state index in [0.29, 0.717) is 48.4 Å². The van der Waals surface area contributed by atoms with Gasteiger partial charge in [0.2, 0.25) is 11.8 Å². The SMILES string of the molecule is C#Cc1c(F)ccc2cc(OCOC)cc(-c3nc(OC)c4c(N5CCC[C@@H](O)C5)nc(NC[C@H]5CCCN5C)nc4c3F)c12. The summed E-state index contributed by atoms with van der Waals surface area (Å²) in [4.78, 5) is 18.3. The molecule has 45 heavy (non-hydrogen) atoms. The number of β-amino-alcohol motifs (C(OH)–C–C–N with tert-alkyl or cyclic N) is 1. The van der Waals surface area contributed by atoms with Crippen molar-refractivity contribution < 1.29 is 28.1 Å². The first-order valence-corrected chi connectivity index (χ1v) is 15.0. The van der Waals surface area contributed by atoms with Gasteiger partial charge in [0.15, 0.2) is 12.6 Å². The molecular formula is C33H36F2N6O4. The molecule has 2 N–H and O–H groups in total. The molecule has 236 valence electrons. The quantitative estimate of drug-likeness (QED) is 0.205. The second-order valence-corrected chi connectivity index (χ2v) is 11.5. The lowest BCUT2D eigenvalue weighted by atomic mass is 9.95. The van der Waals surface area contributed by atoms with Gasteiger partial charge >= 0.3 is 0 Å². The van der Waals surface area contributed by atoms with E-state index in [-0.39, 0.29) is 52.4 Å². The topological polar surface area (TPSA) is 105 Å². The van der Waals surface area contributed by atoms with Crippen LogP contribution in [0.2, 0.25) is 0 Å². The maximum Gasteiger partial charge on any atom is 0.227 e. The van der Waals surface area contributed by atoms with Crippen LogP contribution in [-0.4, -0.2) is 91.3 Å². The third-order valence-electron chi connectivity index (χ3n) is 8.57. The van der Waals surface area contributed by atoms with E-state index in [9.17, 15) is 5.11 Å². The number of hydrogen-bond acceptors (Lipinski definition) is 10. The van der Waals surface area contributed by atoms with E-state index in [2.05, 4.69) is 33.2 Å². The minimum Gasteiger partial charge on any atom is -0.480 e. The molecular weight excluding hydrogens is 582 g/mol. The predicted molar refractivity (Wildman–Crippen MR) is 169 cm³/mol. The van der Waals surface area contributed by atoms with Crippen LogP contribution in [0.15, 0.2) is 24.3 Å². The van der Waals surface area contributed by atoms with E-state index in [0.717, 1.165) is 25.8 Å². The number of methoxy groups -OCH3 is 2. The van der Waals surface area contributed by atoms with Gasteiger partial charge in [-0.3, -0.25) is 0 Å². The molecule has 0 radical (unpaired) electrons. The Bertz CT molecular complexity index is 1780. The Labute approximate surface area is 260 Å². The Kier molecular flexibility index (Phi) is 8.85. The van der Waals surface area contributed by atoms with Gasteiger partial charge < -0.3 is 34.4 Å². The minimum absolute atomic E-state index is 0.0285. The number of nitrogens with zero attached hydrogens (tertiary/aromatic N) is 5. The molecule has 12 heteroatoms. The van der Waals surface area contributed by atoms with Gasteiger partial charge in [-0.1, -0.05) is 12.0 Å². The maximum atomic E-state index is 17.0. The Hall–Kier alpha value is -4.31. The van der Waals surface area contributed by atoms with Crippen LogP contribution in [-0.2, 0) is 4.74 Å². The number of aliphatic hydroxyl groups is 1. The van der Waals surface area contributed by atoms with Crippen LogP contribution >= 0.6 is 0 Å². The first-order valence-electron chi connectivity index (χ1n) is 15.0. The first kappa shape index (κ1) is 30.7. The van der Waals surface area contributed by atoms with Gasteiger partial charge in [-0.25, -0.2) is 18.7 Å². The monoisotopic (exact) mass is 618 g/mol. The maximum absolute atomic E-state index is 17.0. The molecule has 0 aliphatic carbocycles. The molecule has 0 bridgehead atoms. The number of fused-ring (bicyclic) bond motifs is 2. The lowest BCUT2D eigenvalue weighted by Gasteiger charge is -2.32. The van der Waals surface area contributed by atoms with Crippen LogP contribution in [0.4, 0.5) is 20.5 Å². The Morgan fingerprint density at radius 1 is 1.09 bits per heavy atom. The molecule has 0 spiro atoms. The summed E-state index contributed by atoms with van der Waals surface area (Å²) in [6.07, 6.45) is 8.72. The molecule has 6 rings (SSSR count). The van der Waals surface area contributed by atoms with E-state index in [4.69, 9.17) is 25.6 Å². The van der Waals surface area contributed by atoms with Crippen molar-refractivity contribution in [3.63, 3.8) is 0 Å². The van der Waals surface area contributed by atoms with Gasteiger partial charge in [0.25, 0.3) is 0 Å². The fraction of sp³-hybridized carbons (Fsp3) is 0.424. The average molecular weight is 619 g/mol. The van der Waals surface area contributed by atoms with Gasteiger partial charge in [-0.2, -0.15) is 4.98 Å². The number of pyridine rings is 1. The number of hydrogen-bond donors (Lipinski definition) is 2. The second kappa shape index (κ2) is 13.0. The summed E-state index contributed by atoms with van der Waals surface area (Å²) in [6.45, 7) is 2.44. The summed E-state index contributed by atoms with van der Waals surface area (Å²) in [5, 5.41) is 14.9. The van der Waals surface area contributed by atoms with Gasteiger partial charge in [0.05, 0.1) is 18.8 Å². The van der Waals surface area contributed by atoms with E-state index < -0.39 is 17.7 Å². The highest BCUT2D eigenvalue weighted by molar-refractivity contribution is 6.04. The highest BCUT2D eigenvalue weighted by atomic mass is 19.1. The zero-order valence-electron chi connectivity index (χ0n) is 25.6. The number of aliphatic hydroxyl groups excluding tert-OH is 1. The average Bonchev–Trinajstić information content (AvgIpc) is 3.46. The van der Waals surface area contributed by atoms with Crippen LogP contribution in [0.5, 0.6) is 11.6 Å². The number of benzene rings is 2. The lowest BCUT2D eigenvalue weighted by molar-refractivity contribution is 0.0512. The molecule has 2 aromatic heterocycles. The summed E-state index contributed by atoms with van der Waals surface area (Å²) in [7, 11) is 4.99. The number of anilines is 2. The normalized spacial score (nSPS) is 18.8. The Morgan fingerprint density at radius 2 is 1.91 bits per heavy atom. The number of aromatic nitrogens is 3. The number of piperidine rings is 1. The summed E-state index contributed by atoms with van der Waals surface area (Å²) in [5.41, 5.74) is 0.00695. The zero-order chi connectivity index (χ0) is 31.7.